The summed E-state index contributed by atoms with van der Waals surface area (Å²) < 4.78 is 0. The monoisotopic (exact) mass is 152 g/mol. The summed E-state index contributed by atoms with van der Waals surface area (Å²) in [5.41, 5.74) is 6.27. The molecule has 0 fully saturated rings. The van der Waals surface area contributed by atoms with Crippen LogP contribution in [0, 0.1) is 0 Å². The average Bonchev–Trinajstić information content (AvgIpc) is 2.09. The Balaban J connectivity index is 2.74. The molecule has 0 amide bonds. The Morgan fingerprint density at radius 1 is 1.55 bits per heavy atom. The van der Waals surface area contributed by atoms with Crippen LogP contribution in [-0.4, -0.2) is 23.2 Å². The summed E-state index contributed by atoms with van der Waals surface area (Å²) in [5.74, 6) is -0.0174. The molecule has 0 saturated heterocycles. The Labute approximate surface area is 65.9 Å². The SMILES string of the molecule is NCC(CO)c1ccccn1. The van der Waals surface area contributed by atoms with E-state index in [0.29, 0.717) is 6.54 Å². The van der Waals surface area contributed by atoms with E-state index in [0.717, 1.165) is 5.69 Å². The lowest BCUT2D eigenvalue weighted by Crippen LogP contribution is -2.16. The summed E-state index contributed by atoms with van der Waals surface area (Å²) in [7, 11) is 0. The Morgan fingerprint density at radius 3 is 2.82 bits per heavy atom. The maximum Gasteiger partial charge on any atom is 0.0527 e. The largest absolute Gasteiger partial charge is 0.396 e. The summed E-state index contributed by atoms with van der Waals surface area (Å²) in [4.78, 5) is 4.08. The number of nitrogens with two attached hydrogens (primary N) is 1. The van der Waals surface area contributed by atoms with E-state index in [1.54, 1.807) is 6.20 Å². The van der Waals surface area contributed by atoms with Gasteiger partial charge in [-0.05, 0) is 12.1 Å². The van der Waals surface area contributed by atoms with E-state index in [1.807, 2.05) is 18.2 Å². The van der Waals surface area contributed by atoms with Crippen molar-refractivity contribution < 1.29 is 5.11 Å². The third-order valence-corrected chi connectivity index (χ3v) is 1.61. The molecule has 1 atom stereocenters. The molecule has 60 valence electrons. The summed E-state index contributed by atoms with van der Waals surface area (Å²) in [5, 5.41) is 8.86. The molecule has 1 unspecified atom stereocenters. The van der Waals surface area contributed by atoms with Crippen molar-refractivity contribution in [3.63, 3.8) is 0 Å². The van der Waals surface area contributed by atoms with Crippen molar-refractivity contribution in [2.75, 3.05) is 13.2 Å². The molecule has 3 N–H and O–H groups in total. The Kier molecular flexibility index (Phi) is 3.01. The highest BCUT2D eigenvalue weighted by Gasteiger charge is 2.07. The second kappa shape index (κ2) is 4.05. The predicted octanol–water partition coefficient (Wildman–Crippen LogP) is 0.116. The first kappa shape index (κ1) is 8.17. The van der Waals surface area contributed by atoms with Gasteiger partial charge in [0, 0.05) is 24.4 Å². The van der Waals surface area contributed by atoms with Gasteiger partial charge in [0.15, 0.2) is 0 Å². The third-order valence-electron chi connectivity index (χ3n) is 1.61. The molecule has 0 aromatic carbocycles. The second-order valence-electron chi connectivity index (χ2n) is 2.37. The summed E-state index contributed by atoms with van der Waals surface area (Å²) in [6.45, 7) is 0.501. The number of pyridine rings is 1. The minimum absolute atomic E-state index is 0.0174. The van der Waals surface area contributed by atoms with Gasteiger partial charge >= 0.3 is 0 Å². The topological polar surface area (TPSA) is 59.1 Å². The van der Waals surface area contributed by atoms with E-state index in [1.165, 1.54) is 0 Å². The molecule has 1 aromatic rings. The highest BCUT2D eigenvalue weighted by atomic mass is 16.3. The molecule has 1 rings (SSSR count). The van der Waals surface area contributed by atoms with Gasteiger partial charge in [-0.25, -0.2) is 0 Å². The standard InChI is InChI=1S/C8H12N2O/c9-5-7(6-11)8-3-1-2-4-10-8/h1-4,7,11H,5-6,9H2. The molecule has 0 aliphatic carbocycles. The van der Waals surface area contributed by atoms with Gasteiger partial charge < -0.3 is 10.8 Å². The van der Waals surface area contributed by atoms with Crippen molar-refractivity contribution in [2.24, 2.45) is 5.73 Å². The van der Waals surface area contributed by atoms with Crippen molar-refractivity contribution in [1.82, 2.24) is 4.98 Å². The van der Waals surface area contributed by atoms with Crippen LogP contribution in [-0.2, 0) is 0 Å². The van der Waals surface area contributed by atoms with E-state index >= 15 is 0 Å². The van der Waals surface area contributed by atoms with Gasteiger partial charge in [-0.1, -0.05) is 6.07 Å². The first-order chi connectivity index (χ1) is 5.38. The van der Waals surface area contributed by atoms with Crippen LogP contribution in [0.3, 0.4) is 0 Å². The van der Waals surface area contributed by atoms with Crippen molar-refractivity contribution in [2.45, 2.75) is 5.92 Å². The zero-order valence-corrected chi connectivity index (χ0v) is 6.27. The quantitative estimate of drug-likeness (QED) is 0.646. The molecular weight excluding hydrogens is 140 g/mol. The van der Waals surface area contributed by atoms with Crippen LogP contribution in [0.5, 0.6) is 0 Å². The van der Waals surface area contributed by atoms with Crippen LogP contribution < -0.4 is 5.73 Å². The minimum atomic E-state index is -0.0174. The number of hydrogen-bond donors (Lipinski definition) is 2. The van der Waals surface area contributed by atoms with Crippen molar-refractivity contribution in [1.29, 1.82) is 0 Å². The Bertz CT molecular complexity index is 197. The van der Waals surface area contributed by atoms with Crippen LogP contribution in [0.15, 0.2) is 24.4 Å². The predicted molar refractivity (Wildman–Crippen MR) is 43.1 cm³/mol. The van der Waals surface area contributed by atoms with Crippen LogP contribution in [0.25, 0.3) is 0 Å². The van der Waals surface area contributed by atoms with E-state index in [4.69, 9.17) is 10.8 Å². The summed E-state index contributed by atoms with van der Waals surface area (Å²) >= 11 is 0. The maximum absolute atomic E-state index is 8.86. The van der Waals surface area contributed by atoms with Crippen LogP contribution >= 0.6 is 0 Å². The molecule has 3 nitrogen and oxygen atoms in total. The van der Waals surface area contributed by atoms with Gasteiger partial charge in [-0.15, -0.1) is 0 Å². The van der Waals surface area contributed by atoms with E-state index in [-0.39, 0.29) is 12.5 Å². The molecule has 3 heteroatoms. The maximum atomic E-state index is 8.86. The zero-order valence-electron chi connectivity index (χ0n) is 6.27. The first-order valence-corrected chi connectivity index (χ1v) is 3.60. The lowest BCUT2D eigenvalue weighted by atomic mass is 10.1. The zero-order chi connectivity index (χ0) is 8.10. The van der Waals surface area contributed by atoms with Gasteiger partial charge in [-0.3, -0.25) is 4.98 Å². The van der Waals surface area contributed by atoms with Gasteiger partial charge in [0.1, 0.15) is 0 Å². The average molecular weight is 152 g/mol. The summed E-state index contributed by atoms with van der Waals surface area (Å²) in [6, 6.07) is 5.60. The molecule has 0 radical (unpaired) electrons. The van der Waals surface area contributed by atoms with Crippen molar-refractivity contribution >= 4 is 0 Å². The first-order valence-electron chi connectivity index (χ1n) is 3.60. The van der Waals surface area contributed by atoms with E-state index in [9.17, 15) is 0 Å². The van der Waals surface area contributed by atoms with Gasteiger partial charge in [0.2, 0.25) is 0 Å². The number of rotatable bonds is 3. The molecule has 0 aliphatic heterocycles. The number of aliphatic hydroxyl groups excluding tert-OH is 1. The van der Waals surface area contributed by atoms with Crippen LogP contribution in [0.4, 0.5) is 0 Å². The third kappa shape index (κ3) is 2.00. The fourth-order valence-electron chi connectivity index (χ4n) is 0.906. The molecule has 11 heavy (non-hydrogen) atoms. The fourth-order valence-corrected chi connectivity index (χ4v) is 0.906. The molecule has 0 bridgehead atoms. The van der Waals surface area contributed by atoms with Crippen LogP contribution in [0.2, 0.25) is 0 Å². The Hall–Kier alpha value is -0.930. The molecular formula is C8H12N2O. The number of aromatic nitrogens is 1. The smallest absolute Gasteiger partial charge is 0.0527 e. The molecule has 1 aromatic heterocycles. The molecule has 1 heterocycles. The second-order valence-corrected chi connectivity index (χ2v) is 2.37. The fraction of sp³-hybridized carbons (Fsp3) is 0.375. The van der Waals surface area contributed by atoms with E-state index < -0.39 is 0 Å². The van der Waals surface area contributed by atoms with Gasteiger partial charge in [0.25, 0.3) is 0 Å². The molecule has 0 saturated carbocycles. The number of aliphatic hydroxyl groups is 1. The van der Waals surface area contributed by atoms with Gasteiger partial charge in [0.05, 0.1) is 6.61 Å². The highest BCUT2D eigenvalue weighted by Crippen LogP contribution is 2.08. The van der Waals surface area contributed by atoms with E-state index in [2.05, 4.69) is 4.98 Å². The van der Waals surface area contributed by atoms with Crippen LogP contribution in [0.1, 0.15) is 11.6 Å². The van der Waals surface area contributed by atoms with Crippen molar-refractivity contribution in [3.05, 3.63) is 30.1 Å². The lowest BCUT2D eigenvalue weighted by Gasteiger charge is -2.09. The molecule has 0 aliphatic rings. The van der Waals surface area contributed by atoms with Crippen molar-refractivity contribution in [3.8, 4) is 0 Å². The Morgan fingerprint density at radius 2 is 2.36 bits per heavy atom. The minimum Gasteiger partial charge on any atom is -0.396 e. The number of nitrogens with zero attached hydrogens (tertiary/aromatic N) is 1. The normalized spacial score (nSPS) is 12.9. The lowest BCUT2D eigenvalue weighted by molar-refractivity contribution is 0.265. The summed E-state index contributed by atoms with van der Waals surface area (Å²) in [6.07, 6.45) is 1.70. The molecule has 0 spiro atoms. The highest BCUT2D eigenvalue weighted by molar-refractivity contribution is 5.09. The van der Waals surface area contributed by atoms with Gasteiger partial charge in [-0.2, -0.15) is 0 Å². The number of hydrogen-bond acceptors (Lipinski definition) is 3.